The number of carbonyl (C=O) groups is 3. The molecule has 3 rings (SSSR count). The fourth-order valence-electron chi connectivity index (χ4n) is 3.91. The Labute approximate surface area is 135 Å². The summed E-state index contributed by atoms with van der Waals surface area (Å²) in [5, 5.41) is 5.31. The van der Waals surface area contributed by atoms with E-state index in [1.807, 2.05) is 0 Å². The van der Waals surface area contributed by atoms with Crippen LogP contribution in [0.3, 0.4) is 0 Å². The minimum Gasteiger partial charge on any atom is -0.348 e. The van der Waals surface area contributed by atoms with Gasteiger partial charge in [-0.2, -0.15) is 0 Å². The van der Waals surface area contributed by atoms with Crippen LogP contribution in [0.25, 0.3) is 0 Å². The van der Waals surface area contributed by atoms with E-state index in [0.29, 0.717) is 23.7 Å². The third-order valence-corrected chi connectivity index (χ3v) is 5.16. The lowest BCUT2D eigenvalue weighted by molar-refractivity contribution is -0.136. The molecule has 2 aliphatic carbocycles. The molecular weight excluding hydrogens is 292 g/mol. The number of hydrogen-bond acceptors (Lipinski definition) is 3. The Hall–Kier alpha value is -2.17. The van der Waals surface area contributed by atoms with E-state index in [0.717, 1.165) is 11.8 Å². The molecule has 0 saturated heterocycles. The molecule has 2 amide bonds. The maximum Gasteiger partial charge on any atom is 0.313 e. The van der Waals surface area contributed by atoms with Gasteiger partial charge >= 0.3 is 11.8 Å². The second-order valence-electron chi connectivity index (χ2n) is 6.73. The number of ketones is 1. The minimum absolute atomic E-state index is 0.0357. The molecule has 5 heteroatoms. The Morgan fingerprint density at radius 1 is 1.04 bits per heavy atom. The highest BCUT2D eigenvalue weighted by molar-refractivity contribution is 6.39. The number of fused-ring (bicyclic) bond motifs is 2. The van der Waals surface area contributed by atoms with Crippen molar-refractivity contribution in [2.24, 2.45) is 17.8 Å². The predicted octanol–water partition coefficient (Wildman–Crippen LogP) is 2.38. The van der Waals surface area contributed by atoms with Gasteiger partial charge < -0.3 is 10.6 Å². The molecule has 0 aromatic heterocycles. The number of amides is 2. The van der Waals surface area contributed by atoms with Gasteiger partial charge in [-0.1, -0.05) is 6.42 Å². The monoisotopic (exact) mass is 314 g/mol. The van der Waals surface area contributed by atoms with Crippen molar-refractivity contribution in [3.63, 3.8) is 0 Å². The van der Waals surface area contributed by atoms with Gasteiger partial charge in [0.1, 0.15) is 0 Å². The lowest BCUT2D eigenvalue weighted by Crippen LogP contribution is -2.39. The zero-order valence-electron chi connectivity index (χ0n) is 13.3. The van der Waals surface area contributed by atoms with E-state index < -0.39 is 11.8 Å². The van der Waals surface area contributed by atoms with Crippen LogP contribution in [0, 0.1) is 17.8 Å². The zero-order valence-corrected chi connectivity index (χ0v) is 13.3. The van der Waals surface area contributed by atoms with Gasteiger partial charge in [0.15, 0.2) is 5.78 Å². The van der Waals surface area contributed by atoms with E-state index in [1.165, 1.54) is 32.6 Å². The van der Waals surface area contributed by atoms with Crippen molar-refractivity contribution in [2.75, 3.05) is 11.9 Å². The molecule has 0 aliphatic heterocycles. The van der Waals surface area contributed by atoms with Crippen molar-refractivity contribution >= 4 is 23.3 Å². The Bertz CT molecular complexity index is 624. The molecular formula is C18H22N2O3. The molecule has 2 aliphatic rings. The summed E-state index contributed by atoms with van der Waals surface area (Å²) in [4.78, 5) is 35.0. The van der Waals surface area contributed by atoms with Crippen molar-refractivity contribution in [3.05, 3.63) is 29.8 Å². The average Bonchev–Trinajstić information content (AvgIpc) is 3.15. The first-order chi connectivity index (χ1) is 11.0. The van der Waals surface area contributed by atoms with Crippen molar-refractivity contribution < 1.29 is 14.4 Å². The number of hydrogen-bond donors (Lipinski definition) is 2. The number of benzene rings is 1. The third kappa shape index (κ3) is 3.60. The summed E-state index contributed by atoms with van der Waals surface area (Å²) in [6.45, 7) is 2.08. The van der Waals surface area contributed by atoms with E-state index in [4.69, 9.17) is 0 Å². The summed E-state index contributed by atoms with van der Waals surface area (Å²) < 4.78 is 0. The molecule has 2 fully saturated rings. The first-order valence-corrected chi connectivity index (χ1v) is 8.23. The molecule has 23 heavy (non-hydrogen) atoms. The maximum atomic E-state index is 11.9. The summed E-state index contributed by atoms with van der Waals surface area (Å²) in [5.41, 5.74) is 1.08. The molecule has 2 bridgehead atoms. The van der Waals surface area contributed by atoms with Gasteiger partial charge in [-0.25, -0.2) is 0 Å². The smallest absolute Gasteiger partial charge is 0.313 e. The first-order valence-electron chi connectivity index (χ1n) is 8.23. The van der Waals surface area contributed by atoms with Gasteiger partial charge in [0.25, 0.3) is 0 Å². The van der Waals surface area contributed by atoms with Gasteiger partial charge in [-0.3, -0.25) is 14.4 Å². The van der Waals surface area contributed by atoms with Crippen LogP contribution in [0.2, 0.25) is 0 Å². The highest BCUT2D eigenvalue weighted by atomic mass is 16.2. The normalized spacial score (nSPS) is 25.2. The van der Waals surface area contributed by atoms with Crippen LogP contribution < -0.4 is 10.6 Å². The fourth-order valence-corrected chi connectivity index (χ4v) is 3.91. The largest absolute Gasteiger partial charge is 0.348 e. The lowest BCUT2D eigenvalue weighted by atomic mass is 9.89. The number of anilines is 1. The Morgan fingerprint density at radius 2 is 1.78 bits per heavy atom. The van der Waals surface area contributed by atoms with E-state index in [1.54, 1.807) is 24.3 Å². The summed E-state index contributed by atoms with van der Waals surface area (Å²) >= 11 is 0. The van der Waals surface area contributed by atoms with Gasteiger partial charge in [-0.05, 0) is 68.2 Å². The molecule has 1 aromatic carbocycles. The zero-order chi connectivity index (χ0) is 16.4. The topological polar surface area (TPSA) is 75.3 Å². The van der Waals surface area contributed by atoms with Crippen molar-refractivity contribution in [1.29, 1.82) is 0 Å². The highest BCUT2D eigenvalue weighted by Crippen LogP contribution is 2.47. The summed E-state index contributed by atoms with van der Waals surface area (Å²) in [7, 11) is 0. The SMILES string of the molecule is CC(=O)c1ccc(NC(=O)C(=O)NCC2CC3CCC2C3)cc1. The van der Waals surface area contributed by atoms with Crippen LogP contribution in [0.4, 0.5) is 5.69 Å². The van der Waals surface area contributed by atoms with Crippen LogP contribution >= 0.6 is 0 Å². The molecule has 0 spiro atoms. The van der Waals surface area contributed by atoms with E-state index in [-0.39, 0.29) is 5.78 Å². The van der Waals surface area contributed by atoms with Gasteiger partial charge in [0, 0.05) is 17.8 Å². The number of rotatable bonds is 4. The molecule has 2 saturated carbocycles. The van der Waals surface area contributed by atoms with Crippen LogP contribution in [0.5, 0.6) is 0 Å². The van der Waals surface area contributed by atoms with Crippen LogP contribution in [0.1, 0.15) is 43.0 Å². The third-order valence-electron chi connectivity index (χ3n) is 5.16. The molecule has 0 radical (unpaired) electrons. The standard InChI is InChI=1S/C18H22N2O3/c1-11(21)13-4-6-16(7-5-13)20-18(23)17(22)19-10-15-9-12-2-3-14(15)8-12/h4-7,12,14-15H,2-3,8-10H2,1H3,(H,19,22)(H,20,23). The molecule has 122 valence electrons. The van der Waals surface area contributed by atoms with Crippen molar-refractivity contribution in [3.8, 4) is 0 Å². The second kappa shape index (κ2) is 6.52. The average molecular weight is 314 g/mol. The highest BCUT2D eigenvalue weighted by Gasteiger charge is 2.39. The number of nitrogens with one attached hydrogen (secondary N) is 2. The lowest BCUT2D eigenvalue weighted by Gasteiger charge is -2.21. The molecule has 5 nitrogen and oxygen atoms in total. The van der Waals surface area contributed by atoms with Crippen LogP contribution in [-0.2, 0) is 9.59 Å². The molecule has 2 N–H and O–H groups in total. The number of carbonyl (C=O) groups excluding carboxylic acids is 3. The quantitative estimate of drug-likeness (QED) is 0.662. The van der Waals surface area contributed by atoms with Gasteiger partial charge in [0.2, 0.25) is 0 Å². The molecule has 3 unspecified atom stereocenters. The van der Waals surface area contributed by atoms with Crippen molar-refractivity contribution in [1.82, 2.24) is 5.32 Å². The van der Waals surface area contributed by atoms with E-state index in [9.17, 15) is 14.4 Å². The van der Waals surface area contributed by atoms with E-state index in [2.05, 4.69) is 10.6 Å². The Balaban J connectivity index is 1.47. The van der Waals surface area contributed by atoms with E-state index >= 15 is 0 Å². The summed E-state index contributed by atoms with van der Waals surface area (Å²) in [5.74, 6) is 0.789. The predicted molar refractivity (Wildman–Crippen MR) is 87.0 cm³/mol. The molecule has 0 heterocycles. The minimum atomic E-state index is -0.663. The summed E-state index contributed by atoms with van der Waals surface area (Å²) in [6, 6.07) is 6.51. The summed E-state index contributed by atoms with van der Waals surface area (Å²) in [6.07, 6.45) is 5.06. The number of Topliss-reactive ketones (excluding diaryl/α,β-unsaturated/α-hetero) is 1. The van der Waals surface area contributed by atoms with Crippen LogP contribution in [-0.4, -0.2) is 24.1 Å². The fraction of sp³-hybridized carbons (Fsp3) is 0.500. The van der Waals surface area contributed by atoms with Gasteiger partial charge in [-0.15, -0.1) is 0 Å². The Kier molecular flexibility index (Phi) is 4.46. The van der Waals surface area contributed by atoms with Gasteiger partial charge in [0.05, 0.1) is 0 Å². The van der Waals surface area contributed by atoms with Crippen LogP contribution in [0.15, 0.2) is 24.3 Å². The second-order valence-corrected chi connectivity index (χ2v) is 6.73. The Morgan fingerprint density at radius 3 is 2.35 bits per heavy atom. The first kappa shape index (κ1) is 15.7. The molecule has 3 atom stereocenters. The molecule has 1 aromatic rings. The maximum absolute atomic E-state index is 11.9. The van der Waals surface area contributed by atoms with Crippen molar-refractivity contribution in [2.45, 2.75) is 32.6 Å².